The SMILES string of the molecule is COC(=O)C(O)c1cc(F)c(F)c(Br)c1. The van der Waals surface area contributed by atoms with Crippen LogP contribution in [-0.4, -0.2) is 18.2 Å². The average molecular weight is 281 g/mol. The summed E-state index contributed by atoms with van der Waals surface area (Å²) in [4.78, 5) is 10.9. The topological polar surface area (TPSA) is 46.5 Å². The number of rotatable bonds is 2. The van der Waals surface area contributed by atoms with Gasteiger partial charge in [0.15, 0.2) is 17.7 Å². The molecule has 0 spiro atoms. The lowest BCUT2D eigenvalue weighted by Gasteiger charge is -2.09. The molecule has 0 bridgehead atoms. The first-order valence-electron chi connectivity index (χ1n) is 3.87. The van der Waals surface area contributed by atoms with E-state index in [0.717, 1.165) is 19.2 Å². The summed E-state index contributed by atoms with van der Waals surface area (Å²) in [6.07, 6.45) is -1.62. The highest BCUT2D eigenvalue weighted by atomic mass is 79.9. The Bertz CT molecular complexity index is 372. The second-order valence-electron chi connectivity index (χ2n) is 2.72. The molecule has 0 saturated heterocycles. The predicted molar refractivity (Wildman–Crippen MR) is 51.0 cm³/mol. The van der Waals surface area contributed by atoms with Crippen molar-refractivity contribution in [1.82, 2.24) is 0 Å². The van der Waals surface area contributed by atoms with E-state index in [2.05, 4.69) is 20.7 Å². The lowest BCUT2D eigenvalue weighted by atomic mass is 10.1. The van der Waals surface area contributed by atoms with Gasteiger partial charge in [-0.15, -0.1) is 0 Å². The molecule has 0 fully saturated rings. The largest absolute Gasteiger partial charge is 0.467 e. The van der Waals surface area contributed by atoms with Crippen LogP contribution < -0.4 is 0 Å². The van der Waals surface area contributed by atoms with Crippen molar-refractivity contribution in [3.8, 4) is 0 Å². The van der Waals surface area contributed by atoms with Gasteiger partial charge in [0.25, 0.3) is 0 Å². The summed E-state index contributed by atoms with van der Waals surface area (Å²) in [5.41, 5.74) is -0.0763. The number of aliphatic hydroxyl groups excluding tert-OH is 1. The Labute approximate surface area is 92.8 Å². The van der Waals surface area contributed by atoms with E-state index in [1.807, 2.05) is 0 Å². The van der Waals surface area contributed by atoms with Gasteiger partial charge in [-0.1, -0.05) is 0 Å². The number of ether oxygens (including phenoxy) is 1. The van der Waals surface area contributed by atoms with Gasteiger partial charge in [-0.2, -0.15) is 0 Å². The fraction of sp³-hybridized carbons (Fsp3) is 0.222. The Balaban J connectivity index is 3.11. The zero-order chi connectivity index (χ0) is 11.6. The van der Waals surface area contributed by atoms with E-state index < -0.39 is 23.7 Å². The van der Waals surface area contributed by atoms with Crippen LogP contribution in [-0.2, 0) is 9.53 Å². The molecule has 1 N–H and O–H groups in total. The Kier molecular flexibility index (Phi) is 3.76. The molecule has 1 rings (SSSR count). The number of hydrogen-bond donors (Lipinski definition) is 1. The number of carbonyl (C=O) groups excluding carboxylic acids is 1. The van der Waals surface area contributed by atoms with Gasteiger partial charge >= 0.3 is 5.97 Å². The monoisotopic (exact) mass is 280 g/mol. The maximum atomic E-state index is 12.9. The summed E-state index contributed by atoms with van der Waals surface area (Å²) < 4.78 is 29.8. The normalized spacial score (nSPS) is 12.3. The van der Waals surface area contributed by atoms with Crippen LogP contribution in [0.3, 0.4) is 0 Å². The van der Waals surface area contributed by atoms with Crippen LogP contribution in [0, 0.1) is 11.6 Å². The third-order valence-corrected chi connectivity index (χ3v) is 2.32. The molecule has 3 nitrogen and oxygen atoms in total. The number of carbonyl (C=O) groups is 1. The molecule has 0 radical (unpaired) electrons. The summed E-state index contributed by atoms with van der Waals surface area (Å²) >= 11 is 2.76. The van der Waals surface area contributed by atoms with Crippen LogP contribution in [0.5, 0.6) is 0 Å². The Hall–Kier alpha value is -1.01. The molecule has 1 aromatic rings. The van der Waals surface area contributed by atoms with Gasteiger partial charge in [0, 0.05) is 0 Å². The quantitative estimate of drug-likeness (QED) is 0.665. The Morgan fingerprint density at radius 3 is 2.60 bits per heavy atom. The van der Waals surface area contributed by atoms with Gasteiger partial charge in [-0.05, 0) is 33.6 Å². The molecule has 0 aliphatic carbocycles. The maximum absolute atomic E-state index is 12.9. The minimum Gasteiger partial charge on any atom is -0.467 e. The molecule has 0 heterocycles. The first-order valence-corrected chi connectivity index (χ1v) is 4.67. The zero-order valence-electron chi connectivity index (χ0n) is 7.63. The van der Waals surface area contributed by atoms with Crippen molar-refractivity contribution in [3.05, 3.63) is 33.8 Å². The van der Waals surface area contributed by atoms with Gasteiger partial charge in [0.1, 0.15) is 0 Å². The molecule has 0 aromatic heterocycles. The average Bonchev–Trinajstić information content (AvgIpc) is 2.23. The van der Waals surface area contributed by atoms with Gasteiger partial charge in [-0.3, -0.25) is 0 Å². The van der Waals surface area contributed by atoms with E-state index >= 15 is 0 Å². The van der Waals surface area contributed by atoms with Crippen LogP contribution in [0.1, 0.15) is 11.7 Å². The van der Waals surface area contributed by atoms with E-state index in [1.165, 1.54) is 0 Å². The van der Waals surface area contributed by atoms with Crippen LogP contribution >= 0.6 is 15.9 Å². The van der Waals surface area contributed by atoms with Crippen molar-refractivity contribution in [2.45, 2.75) is 6.10 Å². The second-order valence-corrected chi connectivity index (χ2v) is 3.58. The van der Waals surface area contributed by atoms with Crippen molar-refractivity contribution in [1.29, 1.82) is 0 Å². The molecule has 1 unspecified atom stereocenters. The predicted octanol–water partition coefficient (Wildman–Crippen LogP) is 1.93. The fourth-order valence-corrected chi connectivity index (χ4v) is 1.43. The number of esters is 1. The van der Waals surface area contributed by atoms with Gasteiger partial charge in [0.2, 0.25) is 0 Å². The molecular formula is C9H7BrF2O3. The van der Waals surface area contributed by atoms with Crippen LogP contribution in [0.4, 0.5) is 8.78 Å². The molecular weight excluding hydrogens is 274 g/mol. The molecule has 1 aromatic carbocycles. The minimum atomic E-state index is -1.62. The standard InChI is InChI=1S/C9H7BrF2O3/c1-15-9(14)8(13)4-2-5(10)7(12)6(11)3-4/h2-3,8,13H,1H3. The molecule has 0 saturated carbocycles. The van der Waals surface area contributed by atoms with Crippen molar-refractivity contribution >= 4 is 21.9 Å². The van der Waals surface area contributed by atoms with E-state index in [0.29, 0.717) is 0 Å². The number of methoxy groups -OCH3 is 1. The smallest absolute Gasteiger partial charge is 0.339 e. The number of halogens is 3. The highest BCUT2D eigenvalue weighted by Crippen LogP contribution is 2.24. The summed E-state index contributed by atoms with van der Waals surface area (Å²) in [7, 11) is 1.08. The number of benzene rings is 1. The van der Waals surface area contributed by atoms with Crippen LogP contribution in [0.2, 0.25) is 0 Å². The highest BCUT2D eigenvalue weighted by Gasteiger charge is 2.20. The molecule has 0 aliphatic heterocycles. The molecule has 15 heavy (non-hydrogen) atoms. The first-order chi connectivity index (χ1) is 6.97. The second kappa shape index (κ2) is 4.67. The molecule has 0 amide bonds. The van der Waals surface area contributed by atoms with Gasteiger partial charge in [-0.25, -0.2) is 13.6 Å². The maximum Gasteiger partial charge on any atom is 0.339 e. The lowest BCUT2D eigenvalue weighted by molar-refractivity contribution is -0.150. The summed E-state index contributed by atoms with van der Waals surface area (Å²) in [6, 6.07) is 1.85. The Morgan fingerprint density at radius 1 is 1.53 bits per heavy atom. The third kappa shape index (κ3) is 2.51. The first kappa shape index (κ1) is 12.1. The Morgan fingerprint density at radius 2 is 2.13 bits per heavy atom. The summed E-state index contributed by atoms with van der Waals surface area (Å²) in [5.74, 6) is -3.16. The van der Waals surface area contributed by atoms with E-state index in [4.69, 9.17) is 0 Å². The van der Waals surface area contributed by atoms with E-state index in [1.54, 1.807) is 0 Å². The van der Waals surface area contributed by atoms with Crippen molar-refractivity contribution in [2.24, 2.45) is 0 Å². The zero-order valence-corrected chi connectivity index (χ0v) is 9.22. The third-order valence-electron chi connectivity index (χ3n) is 1.75. The lowest BCUT2D eigenvalue weighted by Crippen LogP contribution is -2.14. The van der Waals surface area contributed by atoms with E-state index in [-0.39, 0.29) is 10.0 Å². The summed E-state index contributed by atoms with van der Waals surface area (Å²) in [5, 5.41) is 9.34. The van der Waals surface area contributed by atoms with Gasteiger partial charge in [0.05, 0.1) is 11.6 Å². The fourth-order valence-electron chi connectivity index (χ4n) is 0.981. The van der Waals surface area contributed by atoms with Crippen LogP contribution in [0.15, 0.2) is 16.6 Å². The van der Waals surface area contributed by atoms with Crippen molar-refractivity contribution in [2.75, 3.05) is 7.11 Å². The highest BCUT2D eigenvalue weighted by molar-refractivity contribution is 9.10. The van der Waals surface area contributed by atoms with Gasteiger partial charge < -0.3 is 9.84 Å². The summed E-state index contributed by atoms with van der Waals surface area (Å²) in [6.45, 7) is 0. The molecule has 1 atom stereocenters. The van der Waals surface area contributed by atoms with Crippen molar-refractivity contribution < 1.29 is 23.4 Å². The van der Waals surface area contributed by atoms with Crippen molar-refractivity contribution in [3.63, 3.8) is 0 Å². The molecule has 82 valence electrons. The minimum absolute atomic E-state index is 0.0763. The van der Waals surface area contributed by atoms with E-state index in [9.17, 15) is 18.7 Å². The number of hydrogen-bond acceptors (Lipinski definition) is 3. The number of aliphatic hydroxyl groups is 1. The van der Waals surface area contributed by atoms with Crippen LogP contribution in [0.25, 0.3) is 0 Å². The molecule has 6 heteroatoms. The molecule has 0 aliphatic rings.